The third-order valence-corrected chi connectivity index (χ3v) is 3.82. The monoisotopic (exact) mass is 284 g/mol. The number of amides is 1. The van der Waals surface area contributed by atoms with E-state index in [1.54, 1.807) is 0 Å². The van der Waals surface area contributed by atoms with Crippen LogP contribution < -0.4 is 5.32 Å². The van der Waals surface area contributed by atoms with Crippen molar-refractivity contribution in [1.29, 1.82) is 0 Å². The minimum atomic E-state index is -0.110. The van der Waals surface area contributed by atoms with Crippen molar-refractivity contribution in [1.82, 2.24) is 9.88 Å². The van der Waals surface area contributed by atoms with Gasteiger partial charge in [0.15, 0.2) is 0 Å². The SMILES string of the molecule is O=C(C[C@@H]1OCCc2ccccc21)NCCn1cccc1. The lowest BCUT2D eigenvalue weighted by Gasteiger charge is -2.25. The fourth-order valence-electron chi connectivity index (χ4n) is 2.73. The lowest BCUT2D eigenvalue weighted by Crippen LogP contribution is -2.30. The lowest BCUT2D eigenvalue weighted by molar-refractivity contribution is -0.124. The number of carbonyl (C=O) groups excluding carboxylic acids is 1. The fraction of sp³-hybridized carbons (Fsp3) is 0.353. The van der Waals surface area contributed by atoms with E-state index in [1.807, 2.05) is 41.2 Å². The Balaban J connectivity index is 1.51. The molecular weight excluding hydrogens is 264 g/mol. The summed E-state index contributed by atoms with van der Waals surface area (Å²) in [6.45, 7) is 2.13. The molecule has 1 N–H and O–H groups in total. The molecule has 21 heavy (non-hydrogen) atoms. The largest absolute Gasteiger partial charge is 0.373 e. The van der Waals surface area contributed by atoms with E-state index in [1.165, 1.54) is 5.56 Å². The molecule has 0 saturated heterocycles. The van der Waals surface area contributed by atoms with Crippen LogP contribution in [0.4, 0.5) is 0 Å². The summed E-state index contributed by atoms with van der Waals surface area (Å²) >= 11 is 0. The van der Waals surface area contributed by atoms with Crippen molar-refractivity contribution in [2.24, 2.45) is 0 Å². The molecule has 0 unspecified atom stereocenters. The highest BCUT2D eigenvalue weighted by atomic mass is 16.5. The van der Waals surface area contributed by atoms with E-state index in [-0.39, 0.29) is 12.0 Å². The van der Waals surface area contributed by atoms with Crippen molar-refractivity contribution in [3.63, 3.8) is 0 Å². The number of carbonyl (C=O) groups is 1. The number of hydrogen-bond donors (Lipinski definition) is 1. The van der Waals surface area contributed by atoms with Crippen LogP contribution in [-0.4, -0.2) is 23.6 Å². The molecule has 0 aliphatic carbocycles. The van der Waals surface area contributed by atoms with Crippen LogP contribution >= 0.6 is 0 Å². The molecule has 4 heteroatoms. The number of fused-ring (bicyclic) bond motifs is 1. The molecule has 3 rings (SSSR count). The van der Waals surface area contributed by atoms with Crippen LogP contribution in [0.2, 0.25) is 0 Å². The summed E-state index contributed by atoms with van der Waals surface area (Å²) in [6.07, 6.45) is 5.20. The topological polar surface area (TPSA) is 43.3 Å². The molecule has 1 aromatic carbocycles. The van der Waals surface area contributed by atoms with Crippen LogP contribution in [0.5, 0.6) is 0 Å². The number of aromatic nitrogens is 1. The van der Waals surface area contributed by atoms with Crippen LogP contribution in [0, 0.1) is 0 Å². The van der Waals surface area contributed by atoms with Gasteiger partial charge in [-0.3, -0.25) is 4.79 Å². The van der Waals surface area contributed by atoms with E-state index >= 15 is 0 Å². The third-order valence-electron chi connectivity index (χ3n) is 3.82. The maximum absolute atomic E-state index is 12.0. The Morgan fingerprint density at radius 1 is 1.24 bits per heavy atom. The van der Waals surface area contributed by atoms with E-state index in [2.05, 4.69) is 17.4 Å². The Kier molecular flexibility index (Phi) is 4.36. The highest BCUT2D eigenvalue weighted by Gasteiger charge is 2.22. The molecule has 1 amide bonds. The summed E-state index contributed by atoms with van der Waals surface area (Å²) < 4.78 is 7.81. The van der Waals surface area contributed by atoms with Gasteiger partial charge in [0, 0.05) is 25.5 Å². The number of nitrogens with zero attached hydrogens (tertiary/aromatic N) is 1. The quantitative estimate of drug-likeness (QED) is 0.915. The Morgan fingerprint density at radius 3 is 2.90 bits per heavy atom. The second-order valence-electron chi connectivity index (χ2n) is 5.28. The molecule has 1 atom stereocenters. The number of rotatable bonds is 5. The van der Waals surface area contributed by atoms with Crippen molar-refractivity contribution in [2.45, 2.75) is 25.5 Å². The molecule has 1 aliphatic rings. The first kappa shape index (κ1) is 13.9. The zero-order chi connectivity index (χ0) is 14.5. The summed E-state index contributed by atoms with van der Waals surface area (Å²) in [5, 5.41) is 2.96. The minimum absolute atomic E-state index is 0.0452. The molecule has 1 aliphatic heterocycles. The molecule has 0 spiro atoms. The number of nitrogens with one attached hydrogen (secondary N) is 1. The second-order valence-corrected chi connectivity index (χ2v) is 5.28. The smallest absolute Gasteiger partial charge is 0.223 e. The van der Waals surface area contributed by atoms with Gasteiger partial charge in [-0.15, -0.1) is 0 Å². The van der Waals surface area contributed by atoms with Crippen LogP contribution in [0.25, 0.3) is 0 Å². The van der Waals surface area contributed by atoms with Gasteiger partial charge in [-0.1, -0.05) is 24.3 Å². The van der Waals surface area contributed by atoms with Crippen LogP contribution in [0.3, 0.4) is 0 Å². The zero-order valence-electron chi connectivity index (χ0n) is 12.0. The van der Waals surface area contributed by atoms with Crippen molar-refractivity contribution >= 4 is 5.91 Å². The molecule has 2 aromatic rings. The molecule has 0 radical (unpaired) electrons. The average molecular weight is 284 g/mol. The predicted molar refractivity (Wildman–Crippen MR) is 80.9 cm³/mol. The van der Waals surface area contributed by atoms with Crippen molar-refractivity contribution in [3.05, 3.63) is 59.9 Å². The third kappa shape index (κ3) is 3.52. The van der Waals surface area contributed by atoms with Crippen LogP contribution in [0.15, 0.2) is 48.8 Å². The first-order chi connectivity index (χ1) is 10.3. The molecule has 110 valence electrons. The number of ether oxygens (including phenoxy) is 1. The van der Waals surface area contributed by atoms with Crippen molar-refractivity contribution < 1.29 is 9.53 Å². The first-order valence-electron chi connectivity index (χ1n) is 7.40. The summed E-state index contributed by atoms with van der Waals surface area (Å²) in [6, 6.07) is 12.2. The highest BCUT2D eigenvalue weighted by Crippen LogP contribution is 2.29. The van der Waals surface area contributed by atoms with E-state index < -0.39 is 0 Å². The lowest BCUT2D eigenvalue weighted by atomic mass is 9.96. The maximum atomic E-state index is 12.0. The van der Waals surface area contributed by atoms with Gasteiger partial charge in [-0.2, -0.15) is 0 Å². The van der Waals surface area contributed by atoms with Crippen LogP contribution in [0.1, 0.15) is 23.7 Å². The van der Waals surface area contributed by atoms with Crippen molar-refractivity contribution in [2.75, 3.05) is 13.2 Å². The highest BCUT2D eigenvalue weighted by molar-refractivity contribution is 5.76. The summed E-state index contributed by atoms with van der Waals surface area (Å²) in [7, 11) is 0. The second kappa shape index (κ2) is 6.59. The maximum Gasteiger partial charge on any atom is 0.223 e. The zero-order valence-corrected chi connectivity index (χ0v) is 12.0. The molecule has 0 bridgehead atoms. The summed E-state index contributed by atoms with van der Waals surface area (Å²) in [4.78, 5) is 12.0. The minimum Gasteiger partial charge on any atom is -0.373 e. The van der Waals surface area contributed by atoms with E-state index in [4.69, 9.17) is 4.74 Å². The van der Waals surface area contributed by atoms with Gasteiger partial charge < -0.3 is 14.6 Å². The molecule has 0 fully saturated rings. The summed E-state index contributed by atoms with van der Waals surface area (Å²) in [5.74, 6) is 0.0452. The Hall–Kier alpha value is -2.07. The van der Waals surface area contributed by atoms with Gasteiger partial charge in [-0.25, -0.2) is 0 Å². The van der Waals surface area contributed by atoms with Gasteiger partial charge >= 0.3 is 0 Å². The molecule has 0 saturated carbocycles. The fourth-order valence-corrected chi connectivity index (χ4v) is 2.73. The van der Waals surface area contributed by atoms with Gasteiger partial charge in [0.25, 0.3) is 0 Å². The van der Waals surface area contributed by atoms with E-state index in [9.17, 15) is 4.79 Å². The molecule has 2 heterocycles. The molecule has 4 nitrogen and oxygen atoms in total. The summed E-state index contributed by atoms with van der Waals surface area (Å²) in [5.41, 5.74) is 2.46. The van der Waals surface area contributed by atoms with Gasteiger partial charge in [0.05, 0.1) is 19.1 Å². The average Bonchev–Trinajstić information content (AvgIpc) is 3.01. The Morgan fingerprint density at radius 2 is 2.05 bits per heavy atom. The van der Waals surface area contributed by atoms with Crippen molar-refractivity contribution in [3.8, 4) is 0 Å². The molecule has 1 aromatic heterocycles. The molecular formula is C17H20N2O2. The standard InChI is InChI=1S/C17H20N2O2/c20-17(18-8-11-19-9-3-4-10-19)13-16-15-6-2-1-5-14(15)7-12-21-16/h1-6,9-10,16H,7-8,11-13H2,(H,18,20)/t16-/m0/s1. The van der Waals surface area contributed by atoms with Gasteiger partial charge in [-0.05, 0) is 29.7 Å². The Labute approximate surface area is 124 Å². The predicted octanol–water partition coefficient (Wildman–Crippen LogP) is 2.31. The Bertz CT molecular complexity index is 593. The van der Waals surface area contributed by atoms with Gasteiger partial charge in [0.1, 0.15) is 0 Å². The number of hydrogen-bond acceptors (Lipinski definition) is 2. The van der Waals surface area contributed by atoms with Gasteiger partial charge in [0.2, 0.25) is 5.91 Å². The first-order valence-corrected chi connectivity index (χ1v) is 7.40. The van der Waals surface area contributed by atoms with E-state index in [0.29, 0.717) is 19.6 Å². The van der Waals surface area contributed by atoms with Crippen LogP contribution in [-0.2, 0) is 22.5 Å². The normalized spacial score (nSPS) is 17.2. The number of benzene rings is 1. The van der Waals surface area contributed by atoms with E-state index in [0.717, 1.165) is 18.5 Å².